The topological polar surface area (TPSA) is 70.0 Å². The molecule has 0 saturated heterocycles. The second kappa shape index (κ2) is 5.75. The number of hydrogen-bond acceptors (Lipinski definition) is 4. The van der Waals surface area contributed by atoms with Crippen LogP contribution in [0.25, 0.3) is 0 Å². The van der Waals surface area contributed by atoms with Crippen molar-refractivity contribution in [3.8, 4) is 11.5 Å². The Morgan fingerprint density at radius 2 is 2.18 bits per heavy atom. The van der Waals surface area contributed by atoms with E-state index in [0.717, 1.165) is 0 Å². The Kier molecular flexibility index (Phi) is 4.60. The van der Waals surface area contributed by atoms with Gasteiger partial charge in [0.05, 0.1) is 13.7 Å². The van der Waals surface area contributed by atoms with Crippen LogP contribution in [0, 0.1) is 0 Å². The molecule has 1 rings (SSSR count). The molecule has 0 aliphatic carbocycles. The van der Waals surface area contributed by atoms with Gasteiger partial charge in [0.2, 0.25) is 0 Å². The van der Waals surface area contributed by atoms with E-state index in [0.29, 0.717) is 10.6 Å². The normalized spacial score (nSPS) is 10.6. The fraction of sp³-hybridized carbons (Fsp3) is 0.364. The monoisotopic (exact) mass is 259 g/mol. The molecule has 94 valence electrons. The van der Waals surface area contributed by atoms with Gasteiger partial charge in [-0.05, 0) is 13.1 Å². The number of rotatable bonds is 5. The van der Waals surface area contributed by atoms with Gasteiger partial charge < -0.3 is 14.9 Å². The lowest BCUT2D eigenvalue weighted by atomic mass is 10.1. The molecule has 0 aliphatic rings. The van der Waals surface area contributed by atoms with Gasteiger partial charge >= 0.3 is 5.97 Å². The fourth-order valence-electron chi connectivity index (χ4n) is 1.48. The van der Waals surface area contributed by atoms with Gasteiger partial charge in [0, 0.05) is 23.2 Å². The minimum Gasteiger partial charge on any atom is -0.504 e. The van der Waals surface area contributed by atoms with Crippen molar-refractivity contribution >= 4 is 17.6 Å². The zero-order valence-electron chi connectivity index (χ0n) is 9.61. The Morgan fingerprint density at radius 1 is 1.53 bits per heavy atom. The number of phenolic OH excluding ortho intramolecular Hbond substituents is 1. The molecule has 0 saturated carbocycles. The summed E-state index contributed by atoms with van der Waals surface area (Å²) in [7, 11) is 3.07. The summed E-state index contributed by atoms with van der Waals surface area (Å²) in [4.78, 5) is 12.1. The fourth-order valence-corrected chi connectivity index (χ4v) is 1.71. The molecule has 0 aromatic heterocycles. The molecule has 6 heteroatoms. The Labute approximate surface area is 104 Å². The van der Waals surface area contributed by atoms with Gasteiger partial charge in [-0.2, -0.15) is 0 Å². The number of nitrogens with zero attached hydrogens (tertiary/aromatic N) is 1. The number of aromatic hydroxyl groups is 1. The van der Waals surface area contributed by atoms with Crippen LogP contribution in [0.4, 0.5) is 0 Å². The number of halogens is 1. The molecular weight excluding hydrogens is 246 g/mol. The molecule has 17 heavy (non-hydrogen) atoms. The average molecular weight is 260 g/mol. The molecule has 0 spiro atoms. The number of benzene rings is 1. The van der Waals surface area contributed by atoms with Crippen LogP contribution in [-0.4, -0.2) is 41.8 Å². The van der Waals surface area contributed by atoms with E-state index < -0.39 is 5.97 Å². The van der Waals surface area contributed by atoms with Crippen molar-refractivity contribution in [3.05, 3.63) is 22.7 Å². The van der Waals surface area contributed by atoms with Crippen molar-refractivity contribution in [2.75, 3.05) is 20.7 Å². The molecular formula is C11H14ClNO4. The number of carboxylic acid groups (broad SMARTS) is 1. The lowest BCUT2D eigenvalue weighted by Crippen LogP contribution is -2.25. The van der Waals surface area contributed by atoms with E-state index in [1.54, 1.807) is 18.0 Å². The molecule has 0 heterocycles. The summed E-state index contributed by atoms with van der Waals surface area (Å²) < 4.78 is 4.96. The average Bonchev–Trinajstić information content (AvgIpc) is 2.21. The number of carbonyl (C=O) groups is 1. The summed E-state index contributed by atoms with van der Waals surface area (Å²) in [6, 6.07) is 3.08. The highest BCUT2D eigenvalue weighted by molar-refractivity contribution is 6.30. The van der Waals surface area contributed by atoms with Gasteiger partial charge in [0.1, 0.15) is 0 Å². The molecule has 0 amide bonds. The first-order chi connectivity index (χ1) is 7.93. The molecule has 0 fully saturated rings. The summed E-state index contributed by atoms with van der Waals surface area (Å²) in [5.74, 6) is -0.675. The zero-order chi connectivity index (χ0) is 13.0. The van der Waals surface area contributed by atoms with E-state index >= 15 is 0 Å². The van der Waals surface area contributed by atoms with Gasteiger partial charge in [-0.15, -0.1) is 0 Å². The molecule has 2 N–H and O–H groups in total. The van der Waals surface area contributed by atoms with Crippen LogP contribution in [0.1, 0.15) is 5.56 Å². The van der Waals surface area contributed by atoms with Gasteiger partial charge in [-0.1, -0.05) is 11.6 Å². The molecule has 1 aromatic rings. The quantitative estimate of drug-likeness (QED) is 0.840. The van der Waals surface area contributed by atoms with E-state index in [9.17, 15) is 9.90 Å². The molecule has 0 bridgehead atoms. The predicted octanol–water partition coefficient (Wildman–Crippen LogP) is 1.57. The smallest absolute Gasteiger partial charge is 0.317 e. The van der Waals surface area contributed by atoms with Crippen LogP contribution in [0.15, 0.2) is 12.1 Å². The third-order valence-electron chi connectivity index (χ3n) is 2.18. The number of phenols is 1. The number of methoxy groups -OCH3 is 1. The van der Waals surface area contributed by atoms with E-state index in [1.165, 1.54) is 13.2 Å². The van der Waals surface area contributed by atoms with E-state index in [4.69, 9.17) is 21.4 Å². The highest BCUT2D eigenvalue weighted by Gasteiger charge is 2.13. The predicted molar refractivity (Wildman–Crippen MR) is 63.6 cm³/mol. The molecule has 0 atom stereocenters. The third kappa shape index (κ3) is 3.80. The van der Waals surface area contributed by atoms with E-state index in [1.807, 2.05) is 0 Å². The van der Waals surface area contributed by atoms with E-state index in [2.05, 4.69) is 0 Å². The lowest BCUT2D eigenvalue weighted by molar-refractivity contribution is -0.138. The minimum atomic E-state index is -0.930. The molecule has 1 aromatic carbocycles. The highest BCUT2D eigenvalue weighted by atomic mass is 35.5. The van der Waals surface area contributed by atoms with Crippen molar-refractivity contribution in [1.29, 1.82) is 0 Å². The second-order valence-electron chi connectivity index (χ2n) is 3.68. The van der Waals surface area contributed by atoms with Crippen LogP contribution in [0.3, 0.4) is 0 Å². The Morgan fingerprint density at radius 3 is 2.71 bits per heavy atom. The maximum atomic E-state index is 10.5. The minimum absolute atomic E-state index is 0.0193. The van der Waals surface area contributed by atoms with E-state index in [-0.39, 0.29) is 24.6 Å². The van der Waals surface area contributed by atoms with Crippen molar-refractivity contribution in [3.63, 3.8) is 0 Å². The molecule has 0 aliphatic heterocycles. The molecule has 0 unspecified atom stereocenters. The number of hydrogen-bond donors (Lipinski definition) is 2. The van der Waals surface area contributed by atoms with Crippen molar-refractivity contribution in [2.24, 2.45) is 0 Å². The van der Waals surface area contributed by atoms with Crippen molar-refractivity contribution in [2.45, 2.75) is 6.54 Å². The van der Waals surface area contributed by atoms with Crippen molar-refractivity contribution < 1.29 is 19.7 Å². The standard InChI is InChI=1S/C11H14ClNO4/c1-13(6-10(14)15)5-7-3-8(12)4-9(17-2)11(7)16/h3-4,16H,5-6H2,1-2H3,(H,14,15). The summed E-state index contributed by atoms with van der Waals surface area (Å²) in [6.45, 7) is 0.156. The van der Waals surface area contributed by atoms with Crippen LogP contribution in [0.2, 0.25) is 5.02 Å². The van der Waals surface area contributed by atoms with Gasteiger partial charge in [0.25, 0.3) is 0 Å². The molecule has 0 radical (unpaired) electrons. The van der Waals surface area contributed by atoms with Gasteiger partial charge in [-0.25, -0.2) is 0 Å². The first-order valence-corrected chi connectivity index (χ1v) is 5.27. The Hall–Kier alpha value is -1.46. The first kappa shape index (κ1) is 13.6. The van der Waals surface area contributed by atoms with Crippen molar-refractivity contribution in [1.82, 2.24) is 4.90 Å². The highest BCUT2D eigenvalue weighted by Crippen LogP contribution is 2.33. The first-order valence-electron chi connectivity index (χ1n) is 4.89. The van der Waals surface area contributed by atoms with Crippen LogP contribution < -0.4 is 4.74 Å². The second-order valence-corrected chi connectivity index (χ2v) is 4.12. The zero-order valence-corrected chi connectivity index (χ0v) is 10.4. The number of aliphatic carboxylic acids is 1. The van der Waals surface area contributed by atoms with Gasteiger partial charge in [0.15, 0.2) is 11.5 Å². The lowest BCUT2D eigenvalue weighted by Gasteiger charge is -2.16. The Balaban J connectivity index is 2.90. The van der Waals surface area contributed by atoms with Gasteiger partial charge in [-0.3, -0.25) is 9.69 Å². The van der Waals surface area contributed by atoms with Crippen LogP contribution in [0.5, 0.6) is 11.5 Å². The number of carboxylic acids is 1. The molecule has 5 nitrogen and oxygen atoms in total. The maximum absolute atomic E-state index is 10.5. The maximum Gasteiger partial charge on any atom is 0.317 e. The van der Waals surface area contributed by atoms with Crippen LogP contribution in [-0.2, 0) is 11.3 Å². The number of likely N-dealkylation sites (N-methyl/N-ethyl adjacent to an activating group) is 1. The number of ether oxygens (including phenoxy) is 1. The Bertz CT molecular complexity index is 422. The summed E-state index contributed by atoms with van der Waals surface area (Å²) in [6.07, 6.45) is 0. The largest absolute Gasteiger partial charge is 0.504 e. The summed E-state index contributed by atoms with van der Waals surface area (Å²) in [5.41, 5.74) is 0.526. The summed E-state index contributed by atoms with van der Waals surface area (Å²) >= 11 is 5.86. The summed E-state index contributed by atoms with van der Waals surface area (Å²) in [5, 5.41) is 18.9. The van der Waals surface area contributed by atoms with Crippen LogP contribution >= 0.6 is 11.6 Å². The SMILES string of the molecule is COc1cc(Cl)cc(CN(C)CC(=O)O)c1O. The third-order valence-corrected chi connectivity index (χ3v) is 2.40.